The van der Waals surface area contributed by atoms with Crippen molar-refractivity contribution in [3.63, 3.8) is 0 Å². The minimum atomic E-state index is -0.395. The topological polar surface area (TPSA) is 75.3 Å². The number of benzene rings is 7. The van der Waals surface area contributed by atoms with Crippen molar-refractivity contribution >= 4 is 0 Å². The third kappa shape index (κ3) is 18.4. The van der Waals surface area contributed by atoms with Crippen LogP contribution < -0.4 is 0 Å². The second-order valence-electron chi connectivity index (χ2n) is 16.7. The maximum atomic E-state index is 8.80. The molecule has 0 bridgehead atoms. The largest absolute Gasteiger partial charge is 0.305 e. The molecule has 0 unspecified atom stereocenters. The molecule has 4 aromatic heterocycles. The Hall–Kier alpha value is -6.77. The first-order valence-corrected chi connectivity index (χ1v) is 23.2. The molecular weight excluding hydrogens is 1660 g/mol. The summed E-state index contributed by atoms with van der Waals surface area (Å²) in [6, 6.07) is 58.3. The molecule has 4 radical (unpaired) electrons. The van der Waals surface area contributed by atoms with Gasteiger partial charge in [-0.15, -0.1) is 142 Å². The Labute approximate surface area is 522 Å². The van der Waals surface area contributed by atoms with Crippen molar-refractivity contribution < 1.29 is 94.1 Å². The zero-order valence-electron chi connectivity index (χ0n) is 52.2. The third-order valence-electron chi connectivity index (χ3n) is 11.0. The van der Waals surface area contributed by atoms with Crippen LogP contribution in [0.15, 0.2) is 231 Å². The number of hydrogen-bond donors (Lipinski definition) is 0. The van der Waals surface area contributed by atoms with Crippen LogP contribution in [0.1, 0.15) is 47.1 Å². The van der Waals surface area contributed by atoms with Crippen molar-refractivity contribution in [3.05, 3.63) is 288 Å². The smallest absolute Gasteiger partial charge is 0.0991 e. The molecule has 0 amide bonds. The van der Waals surface area contributed by atoms with Crippen LogP contribution in [0.4, 0.5) is 0 Å². The van der Waals surface area contributed by atoms with Crippen molar-refractivity contribution in [2.24, 2.45) is 0 Å². The number of rotatable bonds is 7. The number of aryl methyl sites for hydroxylation is 5. The normalized spacial score (nSPS) is 11.5. The van der Waals surface area contributed by atoms with E-state index in [4.69, 9.17) is 19.0 Å². The minimum absolute atomic E-state index is 0. The van der Waals surface area contributed by atoms with Gasteiger partial charge in [0.25, 0.3) is 0 Å². The summed E-state index contributed by atoms with van der Waals surface area (Å²) in [5, 5.41) is 8.80. The summed E-state index contributed by atoms with van der Waals surface area (Å²) in [6.07, 6.45) is 6.74. The molecule has 77 heavy (non-hydrogen) atoms. The Bertz CT molecular complexity index is 4010. The predicted octanol–water partition coefficient (Wildman–Crippen LogP) is 16.6. The van der Waals surface area contributed by atoms with Crippen molar-refractivity contribution in [2.45, 2.75) is 34.6 Å². The zero-order chi connectivity index (χ0) is 59.5. The molecule has 0 N–H and O–H groups in total. The van der Waals surface area contributed by atoms with Crippen LogP contribution in [0.2, 0.25) is 0 Å². The second kappa shape index (κ2) is 32.1. The number of nitrogens with zero attached hydrogens (tertiary/aromatic N) is 5. The molecule has 11 aromatic rings. The van der Waals surface area contributed by atoms with Gasteiger partial charge < -0.3 is 19.9 Å². The van der Waals surface area contributed by atoms with E-state index in [0.717, 1.165) is 84.0 Å². The third-order valence-corrected chi connectivity index (χ3v) is 11.0. The molecule has 0 spiro atoms. The first kappa shape index (κ1) is 48.6. The summed E-state index contributed by atoms with van der Waals surface area (Å²) >= 11 is 0. The van der Waals surface area contributed by atoms with E-state index < -0.39 is 12.1 Å². The molecular formula is C68H53Ir4N5-4. The van der Waals surface area contributed by atoms with Crippen molar-refractivity contribution in [1.29, 1.82) is 5.26 Å². The molecule has 0 saturated carbocycles. The summed E-state index contributed by atoms with van der Waals surface area (Å²) in [5.74, 6) is 0. The van der Waals surface area contributed by atoms with E-state index in [-0.39, 0.29) is 140 Å². The molecule has 0 saturated heterocycles. The van der Waals surface area contributed by atoms with E-state index in [2.05, 4.69) is 50.3 Å². The quantitative estimate of drug-likeness (QED) is 0.149. The first-order chi connectivity index (χ1) is 39.8. The SMILES string of the molecule is N#Cc1ccc(-c2ccc(-c3[c-]cccc3)nc2)cc1.[2H]c1c([2H])c([2H])c(-c2ccc(-c3[c-]c(C)cc(C)c3)nc2)c([2H])c1[2H].[2H]c1c([2H])c([2H])c(-c2cnc(-c3[c-]c(C)cc(C)c3)cc2C)c([2H])c1[2H].[Ir].[Ir].[Ir].[Ir].[c-]1ccccc1-c1ccccn1. The van der Waals surface area contributed by atoms with Gasteiger partial charge in [-0.2, -0.15) is 5.26 Å². The van der Waals surface area contributed by atoms with E-state index in [1.807, 2.05) is 174 Å². The van der Waals surface area contributed by atoms with Crippen molar-refractivity contribution in [2.75, 3.05) is 0 Å². The van der Waals surface area contributed by atoms with Gasteiger partial charge in [-0.3, -0.25) is 0 Å². The fourth-order valence-electron chi connectivity index (χ4n) is 7.60. The average Bonchev–Trinajstić information content (AvgIpc) is 1.11. The van der Waals surface area contributed by atoms with E-state index in [1.54, 1.807) is 24.5 Å². The molecule has 0 aliphatic rings. The Morgan fingerprint density at radius 3 is 1.34 bits per heavy atom. The average molecular weight is 1720 g/mol. The summed E-state index contributed by atoms with van der Waals surface area (Å²) in [7, 11) is 0. The molecule has 0 aliphatic heterocycles. The predicted molar refractivity (Wildman–Crippen MR) is 299 cm³/mol. The molecule has 0 atom stereocenters. The van der Waals surface area contributed by atoms with Gasteiger partial charge in [0.05, 0.1) is 25.3 Å². The molecule has 5 nitrogen and oxygen atoms in total. The molecule has 0 fully saturated rings. The summed E-state index contributed by atoms with van der Waals surface area (Å²) in [6.45, 7) is 9.82. The van der Waals surface area contributed by atoms with Crippen LogP contribution in [0.25, 0.3) is 78.4 Å². The van der Waals surface area contributed by atoms with E-state index in [9.17, 15) is 0 Å². The van der Waals surface area contributed by atoms with Gasteiger partial charge in [0, 0.05) is 111 Å². The summed E-state index contributed by atoms with van der Waals surface area (Å²) < 4.78 is 79.0. The monoisotopic (exact) mass is 1720 g/mol. The molecule has 11 rings (SSSR count). The minimum Gasteiger partial charge on any atom is -0.305 e. The van der Waals surface area contributed by atoms with Crippen LogP contribution in [0, 0.1) is 70.2 Å². The van der Waals surface area contributed by atoms with Gasteiger partial charge in [-0.1, -0.05) is 143 Å². The van der Waals surface area contributed by atoms with Crippen molar-refractivity contribution in [3.8, 4) is 84.5 Å². The van der Waals surface area contributed by atoms with Crippen LogP contribution in [0.5, 0.6) is 0 Å². The van der Waals surface area contributed by atoms with Crippen LogP contribution in [-0.4, -0.2) is 19.9 Å². The Kier molecular flexibility index (Phi) is 20.2. The molecule has 9 heteroatoms. The van der Waals surface area contributed by atoms with Crippen molar-refractivity contribution in [1.82, 2.24) is 19.9 Å². The Balaban J connectivity index is 0.000000251. The maximum absolute atomic E-state index is 8.80. The second-order valence-corrected chi connectivity index (χ2v) is 16.7. The summed E-state index contributed by atoms with van der Waals surface area (Å²) in [4.78, 5) is 17.6. The maximum Gasteiger partial charge on any atom is 0.0991 e. The van der Waals surface area contributed by atoms with E-state index in [0.29, 0.717) is 16.7 Å². The molecule has 7 aromatic carbocycles. The van der Waals surface area contributed by atoms with Gasteiger partial charge in [-0.05, 0) is 81.3 Å². The van der Waals surface area contributed by atoms with Gasteiger partial charge in [0.2, 0.25) is 0 Å². The summed E-state index contributed by atoms with van der Waals surface area (Å²) in [5.41, 5.74) is 16.3. The molecule has 390 valence electrons. The zero-order valence-corrected chi connectivity index (χ0v) is 51.8. The standard InChI is InChI=1S/C20H18N.C19H16N.C18H11N2.C11H8N.4Ir/c1-14-9-15(2)11-18(10-14)20-12-16(3)19(13-21-20)17-7-5-4-6-8-17;1-14-10-15(2)12-18(11-14)19-9-8-17(13-20-19)16-6-4-3-5-7-16;19-12-14-6-8-15(9-7-14)17-10-11-18(20-13-17)16-4-2-1-3-5-16;1-2-6-10(7-3-1)11-8-4-5-9-12-11;;;;/h4-10,12-13H,1-3H3;3-11,13H,1-2H3;1-4,6-11,13H;1-6,8-9H;;;;/q4*-1;;;;/i4D,5D,6D,7D,8D;3D,4D,5D,6D,7D;;;;;;. The molecule has 4 heterocycles. The number of nitriles is 1. The first-order valence-electron chi connectivity index (χ1n) is 28.2. The van der Waals surface area contributed by atoms with E-state index >= 15 is 0 Å². The molecule has 0 aliphatic carbocycles. The Morgan fingerprint density at radius 1 is 0.416 bits per heavy atom. The van der Waals surface area contributed by atoms with Crippen LogP contribution >= 0.6 is 0 Å². The fraction of sp³-hybridized carbons (Fsp3) is 0.0735. The van der Waals surface area contributed by atoms with Gasteiger partial charge in [-0.25, -0.2) is 0 Å². The number of hydrogen-bond acceptors (Lipinski definition) is 5. The Morgan fingerprint density at radius 2 is 0.883 bits per heavy atom. The van der Waals surface area contributed by atoms with Crippen LogP contribution in [0.3, 0.4) is 0 Å². The fourth-order valence-corrected chi connectivity index (χ4v) is 7.60. The number of pyridine rings is 4. The number of aromatic nitrogens is 4. The van der Waals surface area contributed by atoms with Crippen LogP contribution in [-0.2, 0) is 80.4 Å². The van der Waals surface area contributed by atoms with Gasteiger partial charge >= 0.3 is 0 Å². The van der Waals surface area contributed by atoms with Gasteiger partial charge in [0.1, 0.15) is 0 Å². The van der Waals surface area contributed by atoms with E-state index in [1.165, 1.54) is 6.20 Å². The van der Waals surface area contributed by atoms with Gasteiger partial charge in [0.15, 0.2) is 0 Å².